The maximum absolute atomic E-state index is 13.2. The quantitative estimate of drug-likeness (QED) is 0.747. The Morgan fingerprint density at radius 2 is 1.86 bits per heavy atom. The standard InChI is InChI=1S/C22H24N2O4/c1-2-28-22(26)20-18(23-10-12-27-13-11-23)9-8-17-15-24(21(25)19(17)20)14-16-6-4-3-5-7-16/h3-9H,2,10-15H2,1H3. The predicted molar refractivity (Wildman–Crippen MR) is 105 cm³/mol. The average molecular weight is 380 g/mol. The Balaban J connectivity index is 1.71. The van der Waals surface area contributed by atoms with Crippen LogP contribution in [-0.4, -0.2) is 49.7 Å². The van der Waals surface area contributed by atoms with Crippen LogP contribution >= 0.6 is 0 Å². The lowest BCUT2D eigenvalue weighted by Crippen LogP contribution is -2.37. The number of rotatable bonds is 5. The Hall–Kier alpha value is -2.86. The van der Waals surface area contributed by atoms with Gasteiger partial charge in [-0.2, -0.15) is 0 Å². The molecule has 1 fully saturated rings. The number of fused-ring (bicyclic) bond motifs is 1. The minimum absolute atomic E-state index is 0.114. The summed E-state index contributed by atoms with van der Waals surface area (Å²) in [6, 6.07) is 13.8. The van der Waals surface area contributed by atoms with Crippen molar-refractivity contribution in [3.8, 4) is 0 Å². The molecule has 2 aromatic rings. The van der Waals surface area contributed by atoms with E-state index in [1.165, 1.54) is 0 Å². The van der Waals surface area contributed by atoms with Gasteiger partial charge in [-0.15, -0.1) is 0 Å². The van der Waals surface area contributed by atoms with Gasteiger partial charge in [-0.1, -0.05) is 36.4 Å². The van der Waals surface area contributed by atoms with Crippen molar-refractivity contribution >= 4 is 17.6 Å². The summed E-state index contributed by atoms with van der Waals surface area (Å²) in [7, 11) is 0. The molecule has 1 amide bonds. The molecule has 28 heavy (non-hydrogen) atoms. The van der Waals surface area contributed by atoms with Gasteiger partial charge in [0.2, 0.25) is 0 Å². The zero-order valence-electron chi connectivity index (χ0n) is 16.0. The molecule has 6 nitrogen and oxygen atoms in total. The van der Waals surface area contributed by atoms with Gasteiger partial charge in [0.1, 0.15) is 0 Å². The number of amides is 1. The van der Waals surface area contributed by atoms with Crippen LogP contribution in [0.3, 0.4) is 0 Å². The van der Waals surface area contributed by atoms with Crippen molar-refractivity contribution in [3.63, 3.8) is 0 Å². The number of ether oxygens (including phenoxy) is 2. The molecule has 146 valence electrons. The Morgan fingerprint density at radius 3 is 2.57 bits per heavy atom. The first-order valence-corrected chi connectivity index (χ1v) is 9.68. The number of carbonyl (C=O) groups excluding carboxylic acids is 2. The summed E-state index contributed by atoms with van der Waals surface area (Å²) in [4.78, 5) is 30.0. The second kappa shape index (κ2) is 8.02. The molecule has 0 N–H and O–H groups in total. The number of carbonyl (C=O) groups is 2. The monoisotopic (exact) mass is 380 g/mol. The lowest BCUT2D eigenvalue weighted by atomic mass is 9.99. The van der Waals surface area contributed by atoms with E-state index in [0.717, 1.165) is 16.8 Å². The summed E-state index contributed by atoms with van der Waals surface area (Å²) in [5, 5.41) is 0. The summed E-state index contributed by atoms with van der Waals surface area (Å²) in [6.07, 6.45) is 0. The van der Waals surface area contributed by atoms with E-state index in [0.29, 0.717) is 50.5 Å². The summed E-state index contributed by atoms with van der Waals surface area (Å²) in [5.41, 5.74) is 3.58. The molecule has 2 heterocycles. The first kappa shape index (κ1) is 18.5. The summed E-state index contributed by atoms with van der Waals surface area (Å²) >= 11 is 0. The number of hydrogen-bond acceptors (Lipinski definition) is 5. The zero-order chi connectivity index (χ0) is 19.5. The number of esters is 1. The van der Waals surface area contributed by atoms with Crippen molar-refractivity contribution in [1.29, 1.82) is 0 Å². The molecule has 4 rings (SSSR count). The molecule has 0 radical (unpaired) electrons. The molecule has 0 aromatic heterocycles. The maximum Gasteiger partial charge on any atom is 0.341 e. The van der Waals surface area contributed by atoms with Crippen LogP contribution in [0, 0.1) is 0 Å². The molecule has 0 spiro atoms. The average Bonchev–Trinajstić information content (AvgIpc) is 3.04. The van der Waals surface area contributed by atoms with Crippen LogP contribution < -0.4 is 4.90 Å². The summed E-state index contributed by atoms with van der Waals surface area (Å²) < 4.78 is 10.8. The first-order chi connectivity index (χ1) is 13.7. The molecular weight excluding hydrogens is 356 g/mol. The van der Waals surface area contributed by atoms with Gasteiger partial charge < -0.3 is 19.3 Å². The van der Waals surface area contributed by atoms with Gasteiger partial charge in [-0.05, 0) is 24.1 Å². The van der Waals surface area contributed by atoms with Crippen LogP contribution in [0.15, 0.2) is 42.5 Å². The Morgan fingerprint density at radius 1 is 1.11 bits per heavy atom. The molecule has 0 saturated carbocycles. The second-order valence-electron chi connectivity index (χ2n) is 6.96. The number of benzene rings is 2. The number of morpholine rings is 1. The van der Waals surface area contributed by atoms with E-state index < -0.39 is 5.97 Å². The third-order valence-corrected chi connectivity index (χ3v) is 5.18. The fourth-order valence-electron chi connectivity index (χ4n) is 3.86. The van der Waals surface area contributed by atoms with Gasteiger partial charge in [-0.25, -0.2) is 4.79 Å². The van der Waals surface area contributed by atoms with Crippen LogP contribution in [-0.2, 0) is 22.6 Å². The topological polar surface area (TPSA) is 59.1 Å². The largest absolute Gasteiger partial charge is 0.462 e. The maximum atomic E-state index is 13.2. The Labute approximate surface area is 164 Å². The van der Waals surface area contributed by atoms with Gasteiger partial charge in [0.15, 0.2) is 0 Å². The SMILES string of the molecule is CCOC(=O)c1c(N2CCOCC2)ccc2c1C(=O)N(Cc1ccccc1)C2. The fourth-order valence-corrected chi connectivity index (χ4v) is 3.86. The molecule has 2 aromatic carbocycles. The molecule has 0 atom stereocenters. The fraction of sp³-hybridized carbons (Fsp3) is 0.364. The highest BCUT2D eigenvalue weighted by Gasteiger charge is 2.35. The van der Waals surface area contributed by atoms with Gasteiger partial charge >= 0.3 is 5.97 Å². The summed E-state index contributed by atoms with van der Waals surface area (Å²) in [5.74, 6) is -0.548. The van der Waals surface area contributed by atoms with Crippen molar-refractivity contribution in [1.82, 2.24) is 4.90 Å². The lowest BCUT2D eigenvalue weighted by Gasteiger charge is -2.30. The summed E-state index contributed by atoms with van der Waals surface area (Å²) in [6.45, 7) is 5.65. The number of hydrogen-bond donors (Lipinski definition) is 0. The van der Waals surface area contributed by atoms with Crippen molar-refractivity contribution in [2.45, 2.75) is 20.0 Å². The second-order valence-corrected chi connectivity index (χ2v) is 6.96. The normalized spacial score (nSPS) is 16.2. The van der Waals surface area contributed by atoms with Crippen LogP contribution in [0.2, 0.25) is 0 Å². The van der Waals surface area contributed by atoms with Gasteiger partial charge in [-0.3, -0.25) is 4.79 Å². The lowest BCUT2D eigenvalue weighted by molar-refractivity contribution is 0.0520. The molecule has 2 aliphatic heterocycles. The number of anilines is 1. The highest BCUT2D eigenvalue weighted by atomic mass is 16.5. The van der Waals surface area contributed by atoms with E-state index in [4.69, 9.17) is 9.47 Å². The van der Waals surface area contributed by atoms with Crippen molar-refractivity contribution in [2.75, 3.05) is 37.8 Å². The Kier molecular flexibility index (Phi) is 5.30. The third kappa shape index (κ3) is 3.47. The van der Waals surface area contributed by atoms with E-state index >= 15 is 0 Å². The van der Waals surface area contributed by atoms with Gasteiger partial charge in [0.05, 0.1) is 36.6 Å². The molecule has 0 bridgehead atoms. The smallest absolute Gasteiger partial charge is 0.341 e. The molecule has 6 heteroatoms. The van der Waals surface area contributed by atoms with Crippen molar-refractivity contribution < 1.29 is 19.1 Å². The minimum Gasteiger partial charge on any atom is -0.462 e. The van der Waals surface area contributed by atoms with E-state index in [1.807, 2.05) is 42.5 Å². The van der Waals surface area contributed by atoms with Crippen LogP contribution in [0.4, 0.5) is 5.69 Å². The molecule has 0 aliphatic carbocycles. The van der Waals surface area contributed by atoms with E-state index in [1.54, 1.807) is 11.8 Å². The van der Waals surface area contributed by atoms with Crippen LogP contribution in [0.1, 0.15) is 38.8 Å². The van der Waals surface area contributed by atoms with E-state index in [-0.39, 0.29) is 12.5 Å². The highest BCUT2D eigenvalue weighted by Crippen LogP contribution is 2.34. The molecule has 2 aliphatic rings. The van der Waals surface area contributed by atoms with E-state index in [2.05, 4.69) is 4.90 Å². The van der Waals surface area contributed by atoms with Crippen LogP contribution in [0.25, 0.3) is 0 Å². The molecule has 1 saturated heterocycles. The Bertz CT molecular complexity index is 876. The van der Waals surface area contributed by atoms with Gasteiger partial charge in [0, 0.05) is 26.2 Å². The minimum atomic E-state index is -0.434. The molecular formula is C22H24N2O4. The third-order valence-electron chi connectivity index (χ3n) is 5.18. The predicted octanol–water partition coefficient (Wildman–Crippen LogP) is 2.86. The highest BCUT2D eigenvalue weighted by molar-refractivity contribution is 6.11. The van der Waals surface area contributed by atoms with Gasteiger partial charge in [0.25, 0.3) is 5.91 Å². The zero-order valence-corrected chi connectivity index (χ0v) is 16.0. The van der Waals surface area contributed by atoms with Crippen molar-refractivity contribution in [3.05, 3.63) is 64.7 Å². The number of nitrogens with zero attached hydrogens (tertiary/aromatic N) is 2. The molecule has 0 unspecified atom stereocenters. The van der Waals surface area contributed by atoms with Crippen LogP contribution in [0.5, 0.6) is 0 Å². The van der Waals surface area contributed by atoms with Crippen molar-refractivity contribution in [2.24, 2.45) is 0 Å². The first-order valence-electron chi connectivity index (χ1n) is 9.68. The van der Waals surface area contributed by atoms with E-state index in [9.17, 15) is 9.59 Å².